The molecule has 136 valence electrons. The van der Waals surface area contributed by atoms with Crippen LogP contribution < -0.4 is 0 Å². The van der Waals surface area contributed by atoms with E-state index in [-0.39, 0.29) is 17.2 Å². The van der Waals surface area contributed by atoms with E-state index in [4.69, 9.17) is 9.47 Å². The highest BCUT2D eigenvalue weighted by Gasteiger charge is 2.25. The first-order chi connectivity index (χ1) is 11.9. The molecule has 0 bridgehead atoms. The van der Waals surface area contributed by atoms with E-state index in [1.807, 2.05) is 0 Å². The average molecular weight is 415 g/mol. The van der Waals surface area contributed by atoms with E-state index < -0.39 is 18.7 Å². The largest absolute Gasteiger partial charge is 0.507 e. The first-order valence-electron chi connectivity index (χ1n) is 7.77. The van der Waals surface area contributed by atoms with Crippen molar-refractivity contribution in [1.29, 1.82) is 0 Å². The molecule has 9 heteroatoms. The summed E-state index contributed by atoms with van der Waals surface area (Å²) < 4.78 is 10.5. The van der Waals surface area contributed by atoms with E-state index >= 15 is 0 Å². The number of carbonyl (C=O) groups is 3. The Balaban J connectivity index is 1.82. The molecule has 0 unspecified atom stereocenters. The van der Waals surface area contributed by atoms with Crippen molar-refractivity contribution in [2.45, 2.75) is 6.92 Å². The molecule has 1 N–H and O–H groups in total. The van der Waals surface area contributed by atoms with Gasteiger partial charge in [-0.3, -0.25) is 4.79 Å². The Morgan fingerprint density at radius 2 is 1.76 bits per heavy atom. The van der Waals surface area contributed by atoms with E-state index in [2.05, 4.69) is 15.9 Å². The number of phenols is 1. The summed E-state index contributed by atoms with van der Waals surface area (Å²) in [5, 5.41) is 9.68. The van der Waals surface area contributed by atoms with Gasteiger partial charge in [0.05, 0.1) is 6.61 Å². The molecule has 0 atom stereocenters. The van der Waals surface area contributed by atoms with Crippen molar-refractivity contribution < 1.29 is 29.0 Å². The van der Waals surface area contributed by atoms with Crippen molar-refractivity contribution in [2.75, 3.05) is 39.4 Å². The maximum absolute atomic E-state index is 12.1. The number of rotatable bonds is 4. The number of ether oxygens (including phenoxy) is 2. The van der Waals surface area contributed by atoms with Gasteiger partial charge < -0.3 is 24.4 Å². The number of benzene rings is 1. The van der Waals surface area contributed by atoms with Crippen molar-refractivity contribution in [3.63, 3.8) is 0 Å². The van der Waals surface area contributed by atoms with Crippen molar-refractivity contribution in [1.82, 2.24) is 9.80 Å². The van der Waals surface area contributed by atoms with Crippen LogP contribution in [-0.2, 0) is 14.3 Å². The number of hydrogen-bond acceptors (Lipinski definition) is 6. The number of piperazine rings is 1. The third-order valence-electron chi connectivity index (χ3n) is 3.66. The minimum Gasteiger partial charge on any atom is -0.507 e. The van der Waals surface area contributed by atoms with Gasteiger partial charge in [0.2, 0.25) is 0 Å². The maximum Gasteiger partial charge on any atom is 0.409 e. The number of phenolic OH excluding ortho intramolecular Hbond substituents is 1. The lowest BCUT2D eigenvalue weighted by atomic mass is 10.2. The van der Waals surface area contributed by atoms with Gasteiger partial charge in [0, 0.05) is 30.7 Å². The zero-order valence-corrected chi connectivity index (χ0v) is 15.3. The Hall–Kier alpha value is -2.29. The molecule has 0 saturated carbocycles. The summed E-state index contributed by atoms with van der Waals surface area (Å²) >= 11 is 3.20. The molecule has 1 fully saturated rings. The van der Waals surface area contributed by atoms with Crippen LogP contribution in [0.5, 0.6) is 5.75 Å². The molecular weight excluding hydrogens is 396 g/mol. The highest BCUT2D eigenvalue weighted by molar-refractivity contribution is 9.10. The smallest absolute Gasteiger partial charge is 0.409 e. The summed E-state index contributed by atoms with van der Waals surface area (Å²) in [6, 6.07) is 4.36. The predicted molar refractivity (Wildman–Crippen MR) is 91.3 cm³/mol. The molecule has 1 saturated heterocycles. The number of amides is 2. The van der Waals surface area contributed by atoms with Crippen molar-refractivity contribution in [3.05, 3.63) is 28.2 Å². The minimum absolute atomic E-state index is 0.0192. The van der Waals surface area contributed by atoms with E-state index in [0.29, 0.717) is 37.3 Å². The summed E-state index contributed by atoms with van der Waals surface area (Å²) in [4.78, 5) is 38.8. The van der Waals surface area contributed by atoms with Gasteiger partial charge in [-0.2, -0.15) is 0 Å². The lowest BCUT2D eigenvalue weighted by Gasteiger charge is -2.33. The molecule has 1 heterocycles. The Morgan fingerprint density at radius 3 is 2.40 bits per heavy atom. The van der Waals surface area contributed by atoms with Crippen molar-refractivity contribution in [3.8, 4) is 5.75 Å². The summed E-state index contributed by atoms with van der Waals surface area (Å²) in [6.45, 7) is 3.03. The third kappa shape index (κ3) is 5.09. The first-order valence-corrected chi connectivity index (χ1v) is 8.56. The molecule has 0 spiro atoms. The molecule has 0 aliphatic carbocycles. The van der Waals surface area contributed by atoms with Crippen LogP contribution in [0.2, 0.25) is 0 Å². The second-order valence-electron chi connectivity index (χ2n) is 5.30. The van der Waals surface area contributed by atoms with E-state index in [1.54, 1.807) is 13.0 Å². The molecule has 2 rings (SSSR count). The minimum atomic E-state index is -0.780. The van der Waals surface area contributed by atoms with Gasteiger partial charge >= 0.3 is 12.1 Å². The Morgan fingerprint density at radius 1 is 1.12 bits per heavy atom. The van der Waals surface area contributed by atoms with Crippen LogP contribution in [0.25, 0.3) is 0 Å². The molecule has 1 aromatic rings. The molecule has 1 aliphatic heterocycles. The molecule has 2 amide bonds. The fraction of sp³-hybridized carbons (Fsp3) is 0.438. The van der Waals surface area contributed by atoms with Crippen LogP contribution >= 0.6 is 15.9 Å². The van der Waals surface area contributed by atoms with Crippen LogP contribution in [0.1, 0.15) is 17.3 Å². The normalized spacial score (nSPS) is 14.2. The summed E-state index contributed by atoms with van der Waals surface area (Å²) in [7, 11) is 0. The molecule has 0 radical (unpaired) electrons. The highest BCUT2D eigenvalue weighted by atomic mass is 79.9. The van der Waals surface area contributed by atoms with Gasteiger partial charge in [0.15, 0.2) is 6.61 Å². The second-order valence-corrected chi connectivity index (χ2v) is 6.22. The fourth-order valence-corrected chi connectivity index (χ4v) is 2.68. The van der Waals surface area contributed by atoms with Crippen LogP contribution in [0.4, 0.5) is 4.79 Å². The topological polar surface area (TPSA) is 96.4 Å². The van der Waals surface area contributed by atoms with Crippen LogP contribution in [0, 0.1) is 0 Å². The Bertz CT molecular complexity index is 658. The number of halogens is 1. The van der Waals surface area contributed by atoms with Gasteiger partial charge in [-0.1, -0.05) is 15.9 Å². The van der Waals surface area contributed by atoms with Gasteiger partial charge in [-0.15, -0.1) is 0 Å². The van der Waals surface area contributed by atoms with Crippen LogP contribution in [0.3, 0.4) is 0 Å². The highest BCUT2D eigenvalue weighted by Crippen LogP contribution is 2.22. The van der Waals surface area contributed by atoms with E-state index in [1.165, 1.54) is 21.9 Å². The van der Waals surface area contributed by atoms with Crippen LogP contribution in [-0.4, -0.2) is 72.3 Å². The lowest BCUT2D eigenvalue weighted by molar-refractivity contribution is -0.136. The maximum atomic E-state index is 12.1. The van der Waals surface area contributed by atoms with Gasteiger partial charge in [0.1, 0.15) is 11.3 Å². The standard InChI is InChI=1S/C16H19BrN2O6/c1-2-24-16(23)19-7-5-18(6-8-19)14(21)10-25-15(22)12-9-11(17)3-4-13(12)20/h3-4,9,20H,2,5-8,10H2,1H3. The zero-order chi connectivity index (χ0) is 18.4. The monoisotopic (exact) mass is 414 g/mol. The first kappa shape index (κ1) is 19.0. The SMILES string of the molecule is CCOC(=O)N1CCN(C(=O)COC(=O)c2cc(Br)ccc2O)CC1. The lowest BCUT2D eigenvalue weighted by Crippen LogP contribution is -2.51. The zero-order valence-electron chi connectivity index (χ0n) is 13.7. The molecular formula is C16H19BrN2O6. The third-order valence-corrected chi connectivity index (χ3v) is 4.16. The predicted octanol–water partition coefficient (Wildman–Crippen LogP) is 1.61. The molecule has 8 nitrogen and oxygen atoms in total. The number of carbonyl (C=O) groups excluding carboxylic acids is 3. The fourth-order valence-electron chi connectivity index (χ4n) is 2.32. The number of nitrogens with zero attached hydrogens (tertiary/aromatic N) is 2. The quantitative estimate of drug-likeness (QED) is 0.751. The Kier molecular flexibility index (Phi) is 6.63. The number of esters is 1. The molecule has 1 aliphatic rings. The van der Waals surface area contributed by atoms with Crippen molar-refractivity contribution in [2.24, 2.45) is 0 Å². The van der Waals surface area contributed by atoms with Gasteiger partial charge in [0.25, 0.3) is 5.91 Å². The summed E-state index contributed by atoms with van der Waals surface area (Å²) in [5.41, 5.74) is -0.0192. The Labute approximate surface area is 153 Å². The van der Waals surface area contributed by atoms with Crippen LogP contribution in [0.15, 0.2) is 22.7 Å². The summed E-state index contributed by atoms with van der Waals surface area (Å²) in [5.74, 6) is -1.35. The second kappa shape index (κ2) is 8.70. The number of aromatic hydroxyl groups is 1. The summed E-state index contributed by atoms with van der Waals surface area (Å²) in [6.07, 6.45) is -0.397. The molecule has 0 aromatic heterocycles. The van der Waals surface area contributed by atoms with E-state index in [0.717, 1.165) is 0 Å². The van der Waals surface area contributed by atoms with Gasteiger partial charge in [-0.05, 0) is 25.1 Å². The van der Waals surface area contributed by atoms with Crippen molar-refractivity contribution >= 4 is 33.9 Å². The number of hydrogen-bond donors (Lipinski definition) is 1. The molecule has 1 aromatic carbocycles. The van der Waals surface area contributed by atoms with E-state index in [9.17, 15) is 19.5 Å². The average Bonchev–Trinajstić information content (AvgIpc) is 2.61. The van der Waals surface area contributed by atoms with Gasteiger partial charge in [-0.25, -0.2) is 9.59 Å². The molecule has 25 heavy (non-hydrogen) atoms.